The summed E-state index contributed by atoms with van der Waals surface area (Å²) in [5.41, 5.74) is 6.04. The van der Waals surface area contributed by atoms with Gasteiger partial charge in [0.15, 0.2) is 0 Å². The fourth-order valence-electron chi connectivity index (χ4n) is 1.74. The van der Waals surface area contributed by atoms with Crippen molar-refractivity contribution in [3.8, 4) is 0 Å². The van der Waals surface area contributed by atoms with Gasteiger partial charge in [-0.25, -0.2) is 8.42 Å². The summed E-state index contributed by atoms with van der Waals surface area (Å²) < 4.78 is 31.6. The molecule has 0 heterocycles. The molecule has 1 aromatic carbocycles. The maximum absolute atomic E-state index is 12.7. The standard InChI is InChI=1S/C13H18Cl2N2O3S/c1-3-4-17(5-6-20-2)21(18,19)12-8-11(14)7-10(9-16)13(12)15/h3,7-8H,1,4-6,9,16H2,2H3. The lowest BCUT2D eigenvalue weighted by Gasteiger charge is -2.21. The third kappa shape index (κ3) is 4.42. The number of halogens is 2. The maximum atomic E-state index is 12.7. The predicted octanol–water partition coefficient (Wildman–Crippen LogP) is 2.28. The van der Waals surface area contributed by atoms with Crippen molar-refractivity contribution in [3.05, 3.63) is 40.4 Å². The summed E-state index contributed by atoms with van der Waals surface area (Å²) in [5.74, 6) is 0. The van der Waals surface area contributed by atoms with E-state index >= 15 is 0 Å². The highest BCUT2D eigenvalue weighted by Gasteiger charge is 2.27. The van der Waals surface area contributed by atoms with Gasteiger partial charge < -0.3 is 10.5 Å². The van der Waals surface area contributed by atoms with E-state index in [1.807, 2.05) is 0 Å². The van der Waals surface area contributed by atoms with Crippen LogP contribution in [0.1, 0.15) is 5.56 Å². The van der Waals surface area contributed by atoms with E-state index in [0.717, 1.165) is 0 Å². The zero-order chi connectivity index (χ0) is 16.0. The molecule has 1 rings (SSSR count). The number of methoxy groups -OCH3 is 1. The minimum absolute atomic E-state index is 0.0601. The second-order valence-electron chi connectivity index (χ2n) is 4.23. The molecule has 8 heteroatoms. The molecule has 0 fully saturated rings. The van der Waals surface area contributed by atoms with Crippen LogP contribution in [0.2, 0.25) is 10.0 Å². The van der Waals surface area contributed by atoms with Gasteiger partial charge in [-0.15, -0.1) is 6.58 Å². The van der Waals surface area contributed by atoms with E-state index in [0.29, 0.717) is 5.56 Å². The van der Waals surface area contributed by atoms with Gasteiger partial charge in [0, 0.05) is 31.8 Å². The van der Waals surface area contributed by atoms with Gasteiger partial charge in [0.2, 0.25) is 10.0 Å². The Morgan fingerprint density at radius 1 is 1.43 bits per heavy atom. The minimum Gasteiger partial charge on any atom is -0.383 e. The molecule has 118 valence electrons. The lowest BCUT2D eigenvalue weighted by Crippen LogP contribution is -2.34. The van der Waals surface area contributed by atoms with E-state index in [-0.39, 0.29) is 41.2 Å². The third-order valence-electron chi connectivity index (χ3n) is 2.79. The average Bonchev–Trinajstić information content (AvgIpc) is 2.45. The molecule has 0 saturated heterocycles. The summed E-state index contributed by atoms with van der Waals surface area (Å²) in [6.07, 6.45) is 1.50. The van der Waals surface area contributed by atoms with Crippen molar-refractivity contribution in [1.82, 2.24) is 4.31 Å². The molecule has 0 spiro atoms. The second-order valence-corrected chi connectivity index (χ2v) is 6.95. The molecular formula is C13H18Cl2N2O3S. The normalized spacial score (nSPS) is 11.9. The Labute approximate surface area is 135 Å². The number of hydrogen-bond acceptors (Lipinski definition) is 4. The lowest BCUT2D eigenvalue weighted by atomic mass is 10.2. The van der Waals surface area contributed by atoms with Crippen LogP contribution in [0.3, 0.4) is 0 Å². The monoisotopic (exact) mass is 352 g/mol. The molecule has 5 nitrogen and oxygen atoms in total. The Bertz CT molecular complexity index is 606. The van der Waals surface area contributed by atoms with Crippen molar-refractivity contribution in [1.29, 1.82) is 0 Å². The number of nitrogens with two attached hydrogens (primary N) is 1. The van der Waals surface area contributed by atoms with Gasteiger partial charge in [-0.05, 0) is 17.7 Å². The van der Waals surface area contributed by atoms with Crippen LogP contribution in [0.4, 0.5) is 0 Å². The van der Waals surface area contributed by atoms with E-state index in [2.05, 4.69) is 6.58 Å². The number of ether oxygens (including phenoxy) is 1. The summed E-state index contributed by atoms with van der Waals surface area (Å²) >= 11 is 12.1. The summed E-state index contributed by atoms with van der Waals surface area (Å²) in [6, 6.07) is 2.87. The van der Waals surface area contributed by atoms with Crippen LogP contribution < -0.4 is 5.73 Å². The molecule has 0 bridgehead atoms. The Morgan fingerprint density at radius 2 is 2.10 bits per heavy atom. The summed E-state index contributed by atoms with van der Waals surface area (Å²) in [6.45, 7) is 4.25. The molecule has 0 amide bonds. The van der Waals surface area contributed by atoms with Gasteiger partial charge in [-0.1, -0.05) is 29.3 Å². The number of sulfonamides is 1. The number of nitrogens with zero attached hydrogens (tertiary/aromatic N) is 1. The van der Waals surface area contributed by atoms with Gasteiger partial charge in [-0.3, -0.25) is 0 Å². The molecule has 2 N–H and O–H groups in total. The highest BCUT2D eigenvalue weighted by molar-refractivity contribution is 7.89. The SMILES string of the molecule is C=CCN(CCOC)S(=O)(=O)c1cc(Cl)cc(CN)c1Cl. The van der Waals surface area contributed by atoms with Gasteiger partial charge in [0.1, 0.15) is 4.90 Å². The largest absolute Gasteiger partial charge is 0.383 e. The summed E-state index contributed by atoms with van der Waals surface area (Å²) in [7, 11) is -2.31. The van der Waals surface area contributed by atoms with Crippen LogP contribution in [-0.2, 0) is 21.3 Å². The highest BCUT2D eigenvalue weighted by atomic mass is 35.5. The summed E-state index contributed by atoms with van der Waals surface area (Å²) in [5, 5.41) is 0.358. The molecule has 0 unspecified atom stereocenters. The number of rotatable bonds is 8. The van der Waals surface area contributed by atoms with Crippen molar-refractivity contribution in [2.45, 2.75) is 11.4 Å². The van der Waals surface area contributed by atoms with Crippen LogP contribution >= 0.6 is 23.2 Å². The van der Waals surface area contributed by atoms with Crippen LogP contribution in [-0.4, -0.2) is 39.5 Å². The fourth-order valence-corrected chi connectivity index (χ4v) is 4.05. The van der Waals surface area contributed by atoms with Crippen molar-refractivity contribution >= 4 is 33.2 Å². The Hall–Kier alpha value is -0.630. The Balaban J connectivity index is 3.33. The first-order valence-electron chi connectivity index (χ1n) is 6.16. The van der Waals surface area contributed by atoms with Crippen LogP contribution in [0, 0.1) is 0 Å². The first-order valence-corrected chi connectivity index (χ1v) is 8.36. The highest BCUT2D eigenvalue weighted by Crippen LogP contribution is 2.31. The molecule has 0 aliphatic rings. The van der Waals surface area contributed by atoms with Gasteiger partial charge in [0.05, 0.1) is 11.6 Å². The Kier molecular flexibility index (Phi) is 7.12. The molecule has 0 radical (unpaired) electrons. The van der Waals surface area contributed by atoms with E-state index in [4.69, 9.17) is 33.7 Å². The van der Waals surface area contributed by atoms with Gasteiger partial charge in [-0.2, -0.15) is 4.31 Å². The van der Waals surface area contributed by atoms with Crippen molar-refractivity contribution in [3.63, 3.8) is 0 Å². The molecule has 0 saturated carbocycles. The van der Waals surface area contributed by atoms with E-state index in [1.165, 1.54) is 23.6 Å². The predicted molar refractivity (Wildman–Crippen MR) is 85.2 cm³/mol. The topological polar surface area (TPSA) is 72.6 Å². The van der Waals surface area contributed by atoms with Gasteiger partial charge >= 0.3 is 0 Å². The van der Waals surface area contributed by atoms with E-state index in [1.54, 1.807) is 6.07 Å². The van der Waals surface area contributed by atoms with Gasteiger partial charge in [0.25, 0.3) is 0 Å². The maximum Gasteiger partial charge on any atom is 0.244 e. The molecule has 0 aliphatic heterocycles. The molecule has 0 atom stereocenters. The number of hydrogen-bond donors (Lipinski definition) is 1. The summed E-state index contributed by atoms with van der Waals surface area (Å²) in [4.78, 5) is -0.0601. The van der Waals surface area contributed by atoms with Crippen molar-refractivity contribution < 1.29 is 13.2 Å². The molecule has 0 aromatic heterocycles. The average molecular weight is 353 g/mol. The van der Waals surface area contributed by atoms with Crippen LogP contribution in [0.15, 0.2) is 29.7 Å². The molecular weight excluding hydrogens is 335 g/mol. The second kappa shape index (κ2) is 8.12. The fraction of sp³-hybridized carbons (Fsp3) is 0.385. The zero-order valence-corrected chi connectivity index (χ0v) is 14.0. The van der Waals surface area contributed by atoms with Crippen molar-refractivity contribution in [2.24, 2.45) is 5.73 Å². The van der Waals surface area contributed by atoms with E-state index in [9.17, 15) is 8.42 Å². The third-order valence-corrected chi connectivity index (χ3v) is 5.46. The molecule has 0 aliphatic carbocycles. The van der Waals surface area contributed by atoms with Crippen LogP contribution in [0.25, 0.3) is 0 Å². The van der Waals surface area contributed by atoms with Crippen molar-refractivity contribution in [2.75, 3.05) is 26.8 Å². The smallest absolute Gasteiger partial charge is 0.244 e. The minimum atomic E-state index is -3.81. The first-order chi connectivity index (χ1) is 9.88. The Morgan fingerprint density at radius 3 is 2.62 bits per heavy atom. The quantitative estimate of drug-likeness (QED) is 0.728. The van der Waals surface area contributed by atoms with Crippen LogP contribution in [0.5, 0.6) is 0 Å². The molecule has 1 aromatic rings. The van der Waals surface area contributed by atoms with E-state index < -0.39 is 10.0 Å². The zero-order valence-electron chi connectivity index (χ0n) is 11.7. The molecule has 21 heavy (non-hydrogen) atoms. The first kappa shape index (κ1) is 18.4. The lowest BCUT2D eigenvalue weighted by molar-refractivity contribution is 0.182. The number of benzene rings is 1.